The monoisotopic (exact) mass is 251 g/mol. The van der Waals surface area contributed by atoms with E-state index in [9.17, 15) is 4.39 Å². The fraction of sp³-hybridized carbons (Fsp3) is 0.600. The highest BCUT2D eigenvalue weighted by Crippen LogP contribution is 2.24. The van der Waals surface area contributed by atoms with E-state index in [2.05, 4.69) is 12.2 Å². The molecule has 1 aromatic rings. The molecule has 100 valence electrons. The molecule has 2 nitrogen and oxygen atoms in total. The first-order valence-corrected chi connectivity index (χ1v) is 6.80. The molecule has 0 bridgehead atoms. The predicted octanol–water partition coefficient (Wildman–Crippen LogP) is 3.82. The zero-order valence-corrected chi connectivity index (χ0v) is 11.2. The van der Waals surface area contributed by atoms with E-state index in [0.29, 0.717) is 11.8 Å². The van der Waals surface area contributed by atoms with Gasteiger partial charge in [0, 0.05) is 12.1 Å². The Kier molecular flexibility index (Phi) is 4.59. The van der Waals surface area contributed by atoms with Gasteiger partial charge in [0.2, 0.25) is 0 Å². The molecule has 0 unspecified atom stereocenters. The molecule has 0 saturated heterocycles. The zero-order chi connectivity index (χ0) is 13.0. The molecule has 1 atom stereocenters. The maximum absolute atomic E-state index is 13.6. The third-order valence-electron chi connectivity index (χ3n) is 3.77. The molecule has 0 amide bonds. The largest absolute Gasteiger partial charge is 0.494 e. The van der Waals surface area contributed by atoms with Crippen LogP contribution < -0.4 is 10.1 Å². The normalized spacial score (nSPS) is 18.6. The Labute approximate surface area is 109 Å². The van der Waals surface area contributed by atoms with Crippen LogP contribution in [0.25, 0.3) is 0 Å². The molecular weight excluding hydrogens is 229 g/mol. The van der Waals surface area contributed by atoms with E-state index < -0.39 is 0 Å². The van der Waals surface area contributed by atoms with Crippen molar-refractivity contribution in [1.29, 1.82) is 0 Å². The molecule has 1 N–H and O–H groups in total. The zero-order valence-electron chi connectivity index (χ0n) is 11.2. The van der Waals surface area contributed by atoms with Crippen molar-refractivity contribution >= 4 is 0 Å². The predicted molar refractivity (Wildman–Crippen MR) is 71.4 cm³/mol. The minimum atomic E-state index is -0.285. The van der Waals surface area contributed by atoms with Crippen molar-refractivity contribution in [2.45, 2.75) is 51.1 Å². The summed E-state index contributed by atoms with van der Waals surface area (Å²) in [6.45, 7) is 2.09. The van der Waals surface area contributed by atoms with Gasteiger partial charge in [0.1, 0.15) is 0 Å². The van der Waals surface area contributed by atoms with E-state index in [4.69, 9.17) is 4.74 Å². The molecule has 1 aliphatic rings. The highest BCUT2D eigenvalue weighted by molar-refractivity contribution is 5.30. The first kappa shape index (κ1) is 13.3. The molecule has 2 rings (SSSR count). The Balaban J connectivity index is 1.99. The summed E-state index contributed by atoms with van der Waals surface area (Å²) in [6.07, 6.45) is 6.44. The van der Waals surface area contributed by atoms with Crippen LogP contribution in [0, 0.1) is 5.82 Å². The van der Waals surface area contributed by atoms with Crippen molar-refractivity contribution in [3.8, 4) is 5.75 Å². The molecule has 0 spiro atoms. The van der Waals surface area contributed by atoms with Crippen molar-refractivity contribution in [2.75, 3.05) is 7.11 Å². The third kappa shape index (κ3) is 3.22. The van der Waals surface area contributed by atoms with Gasteiger partial charge < -0.3 is 10.1 Å². The van der Waals surface area contributed by atoms with Crippen LogP contribution in [-0.4, -0.2) is 13.2 Å². The minimum Gasteiger partial charge on any atom is -0.494 e. The van der Waals surface area contributed by atoms with Crippen molar-refractivity contribution in [3.05, 3.63) is 29.6 Å². The highest BCUT2D eigenvalue weighted by atomic mass is 19.1. The summed E-state index contributed by atoms with van der Waals surface area (Å²) >= 11 is 0. The van der Waals surface area contributed by atoms with E-state index >= 15 is 0 Å². The number of halogens is 1. The summed E-state index contributed by atoms with van der Waals surface area (Å²) in [4.78, 5) is 0. The van der Waals surface area contributed by atoms with Gasteiger partial charge >= 0.3 is 0 Å². The van der Waals surface area contributed by atoms with Gasteiger partial charge in [-0.1, -0.05) is 25.3 Å². The summed E-state index contributed by atoms with van der Waals surface area (Å²) < 4.78 is 18.6. The van der Waals surface area contributed by atoms with Gasteiger partial charge in [-0.3, -0.25) is 0 Å². The van der Waals surface area contributed by atoms with E-state index in [1.165, 1.54) is 39.2 Å². The van der Waals surface area contributed by atoms with Gasteiger partial charge in [0.15, 0.2) is 11.6 Å². The maximum atomic E-state index is 13.6. The van der Waals surface area contributed by atoms with E-state index in [0.717, 1.165) is 5.56 Å². The average Bonchev–Trinajstić information content (AvgIpc) is 2.39. The Morgan fingerprint density at radius 1 is 1.28 bits per heavy atom. The molecule has 0 aliphatic heterocycles. The maximum Gasteiger partial charge on any atom is 0.165 e. The van der Waals surface area contributed by atoms with Crippen LogP contribution in [0.15, 0.2) is 18.2 Å². The second-order valence-electron chi connectivity index (χ2n) is 5.12. The van der Waals surface area contributed by atoms with Crippen molar-refractivity contribution in [2.24, 2.45) is 0 Å². The molecule has 1 aromatic carbocycles. The second kappa shape index (κ2) is 6.19. The SMILES string of the molecule is COc1ccc([C@H](C)NC2CCCCC2)cc1F. The van der Waals surface area contributed by atoms with Gasteiger partial charge in [-0.2, -0.15) is 0 Å². The molecule has 0 aromatic heterocycles. The van der Waals surface area contributed by atoms with Gasteiger partial charge in [0.05, 0.1) is 7.11 Å². The van der Waals surface area contributed by atoms with Crippen LogP contribution >= 0.6 is 0 Å². The Morgan fingerprint density at radius 3 is 2.61 bits per heavy atom. The molecule has 1 aliphatic carbocycles. The Morgan fingerprint density at radius 2 is 2.00 bits per heavy atom. The van der Waals surface area contributed by atoms with E-state index in [1.54, 1.807) is 12.1 Å². The number of ether oxygens (including phenoxy) is 1. The second-order valence-corrected chi connectivity index (χ2v) is 5.12. The van der Waals surface area contributed by atoms with Crippen LogP contribution in [0.3, 0.4) is 0 Å². The summed E-state index contributed by atoms with van der Waals surface area (Å²) in [7, 11) is 1.49. The molecule has 3 heteroatoms. The van der Waals surface area contributed by atoms with Crippen LogP contribution in [0.1, 0.15) is 50.6 Å². The number of methoxy groups -OCH3 is 1. The Bertz CT molecular complexity index is 388. The lowest BCUT2D eigenvalue weighted by molar-refractivity contribution is 0.345. The lowest BCUT2D eigenvalue weighted by Gasteiger charge is -2.27. The minimum absolute atomic E-state index is 0.188. The molecule has 1 saturated carbocycles. The smallest absolute Gasteiger partial charge is 0.165 e. The molecule has 18 heavy (non-hydrogen) atoms. The average molecular weight is 251 g/mol. The van der Waals surface area contributed by atoms with Gasteiger partial charge in [-0.25, -0.2) is 4.39 Å². The Hall–Kier alpha value is -1.09. The molecule has 1 fully saturated rings. The summed E-state index contributed by atoms with van der Waals surface area (Å²) in [6, 6.07) is 5.97. The highest BCUT2D eigenvalue weighted by Gasteiger charge is 2.17. The van der Waals surface area contributed by atoms with Crippen molar-refractivity contribution in [1.82, 2.24) is 5.32 Å². The fourth-order valence-corrected chi connectivity index (χ4v) is 2.67. The number of benzene rings is 1. The van der Waals surface area contributed by atoms with Gasteiger partial charge in [-0.05, 0) is 37.5 Å². The van der Waals surface area contributed by atoms with Crippen LogP contribution in [-0.2, 0) is 0 Å². The van der Waals surface area contributed by atoms with E-state index in [-0.39, 0.29) is 11.9 Å². The first-order valence-electron chi connectivity index (χ1n) is 6.80. The summed E-state index contributed by atoms with van der Waals surface area (Å²) in [5, 5.41) is 3.59. The molecule has 0 heterocycles. The first-order chi connectivity index (χ1) is 8.70. The van der Waals surface area contributed by atoms with Crippen LogP contribution in [0.4, 0.5) is 4.39 Å². The quantitative estimate of drug-likeness (QED) is 0.878. The van der Waals surface area contributed by atoms with Crippen LogP contribution in [0.2, 0.25) is 0 Å². The lowest BCUT2D eigenvalue weighted by Crippen LogP contribution is -2.33. The number of rotatable bonds is 4. The van der Waals surface area contributed by atoms with Crippen molar-refractivity contribution < 1.29 is 9.13 Å². The fourth-order valence-electron chi connectivity index (χ4n) is 2.67. The van der Waals surface area contributed by atoms with Crippen molar-refractivity contribution in [3.63, 3.8) is 0 Å². The van der Waals surface area contributed by atoms with Crippen LogP contribution in [0.5, 0.6) is 5.75 Å². The van der Waals surface area contributed by atoms with Gasteiger partial charge in [0.25, 0.3) is 0 Å². The molecular formula is C15H22FNO. The topological polar surface area (TPSA) is 21.3 Å². The standard InChI is InChI=1S/C15H22FNO/c1-11(17-13-6-4-3-5-7-13)12-8-9-15(18-2)14(16)10-12/h8-11,13,17H,3-7H2,1-2H3/t11-/m0/s1. The van der Waals surface area contributed by atoms with Gasteiger partial charge in [-0.15, -0.1) is 0 Å². The summed E-state index contributed by atoms with van der Waals surface area (Å²) in [5.74, 6) is 0.0240. The lowest BCUT2D eigenvalue weighted by atomic mass is 9.94. The number of hydrogen-bond donors (Lipinski definition) is 1. The number of nitrogens with one attached hydrogen (secondary N) is 1. The van der Waals surface area contributed by atoms with E-state index in [1.807, 2.05) is 6.07 Å². The third-order valence-corrected chi connectivity index (χ3v) is 3.77. The molecule has 0 radical (unpaired) electrons. The number of hydrogen-bond acceptors (Lipinski definition) is 2. The summed E-state index contributed by atoms with van der Waals surface area (Å²) in [5.41, 5.74) is 0.985.